The van der Waals surface area contributed by atoms with Crippen molar-refractivity contribution >= 4 is 41.6 Å². The smallest absolute Gasteiger partial charge is 0.346 e. The van der Waals surface area contributed by atoms with Gasteiger partial charge in [0.1, 0.15) is 4.88 Å². The maximum Gasteiger partial charge on any atom is 0.346 e. The number of aromatic carboxylic acids is 1. The summed E-state index contributed by atoms with van der Waals surface area (Å²) in [6.07, 6.45) is 0.0531. The summed E-state index contributed by atoms with van der Waals surface area (Å²) in [6.45, 7) is 9.97. The molecule has 0 amide bonds. The molecule has 0 aliphatic carbocycles. The highest BCUT2D eigenvalue weighted by Gasteiger charge is 2.32. The number of carboxylic acid groups (broad SMARTS) is 1. The van der Waals surface area contributed by atoms with E-state index in [1.165, 1.54) is 11.3 Å². The van der Waals surface area contributed by atoms with Crippen molar-refractivity contribution < 1.29 is 19.0 Å². The number of hydrogen-bond donors (Lipinski definition) is 1. The lowest BCUT2D eigenvalue weighted by Gasteiger charge is -2.20. The van der Waals surface area contributed by atoms with E-state index in [9.17, 15) is 14.5 Å². The highest BCUT2D eigenvalue weighted by molar-refractivity contribution is 7.66. The second-order valence-electron chi connectivity index (χ2n) is 7.20. The maximum absolute atomic E-state index is 13.7. The third-order valence-electron chi connectivity index (χ3n) is 3.98. The van der Waals surface area contributed by atoms with E-state index in [0.29, 0.717) is 15.9 Å². The van der Waals surface area contributed by atoms with Crippen molar-refractivity contribution in [3.8, 4) is 0 Å². The summed E-state index contributed by atoms with van der Waals surface area (Å²) < 4.78 is 19.4. The van der Waals surface area contributed by atoms with E-state index in [0.717, 1.165) is 10.4 Å². The first kappa shape index (κ1) is 21.2. The minimum absolute atomic E-state index is 0.0531. The van der Waals surface area contributed by atoms with Gasteiger partial charge in [0.05, 0.1) is 12.8 Å². The number of benzene rings is 1. The second-order valence-corrected chi connectivity index (χ2v) is 11.1. The minimum Gasteiger partial charge on any atom is -0.477 e. The van der Waals surface area contributed by atoms with Crippen LogP contribution in [-0.2, 0) is 20.7 Å². The summed E-state index contributed by atoms with van der Waals surface area (Å²) in [5.74, 6) is -1.00. The van der Waals surface area contributed by atoms with E-state index in [4.69, 9.17) is 16.1 Å². The highest BCUT2D eigenvalue weighted by atomic mass is 35.5. The van der Waals surface area contributed by atoms with Crippen molar-refractivity contribution in [1.29, 1.82) is 0 Å². The summed E-state index contributed by atoms with van der Waals surface area (Å²) >= 11 is 7.26. The lowest BCUT2D eigenvalue weighted by Crippen LogP contribution is -2.14. The van der Waals surface area contributed by atoms with Gasteiger partial charge in [0.15, 0.2) is 0 Å². The molecule has 1 aromatic carbocycles. The van der Waals surface area contributed by atoms with E-state index < -0.39 is 13.3 Å². The number of carbonyl (C=O) groups is 1. The molecule has 7 heteroatoms. The number of thiophene rings is 1. The Morgan fingerprint density at radius 1 is 1.31 bits per heavy atom. The van der Waals surface area contributed by atoms with Crippen LogP contribution in [0.1, 0.15) is 53.4 Å². The van der Waals surface area contributed by atoms with Crippen LogP contribution in [0.4, 0.5) is 0 Å². The van der Waals surface area contributed by atoms with Crippen LogP contribution in [0.5, 0.6) is 0 Å². The zero-order valence-electron chi connectivity index (χ0n) is 15.6. The summed E-state index contributed by atoms with van der Waals surface area (Å²) in [5, 5.41) is 10.7. The molecule has 0 radical (unpaired) electrons. The molecule has 1 aromatic heterocycles. The normalized spacial score (nSPS) is 14.2. The molecule has 0 saturated heterocycles. The van der Waals surface area contributed by atoms with Crippen LogP contribution in [-0.4, -0.2) is 17.7 Å². The van der Waals surface area contributed by atoms with Crippen LogP contribution < -0.4 is 5.30 Å². The molecule has 2 rings (SSSR count). The molecule has 1 unspecified atom stereocenters. The van der Waals surface area contributed by atoms with Gasteiger partial charge in [0.2, 0.25) is 7.37 Å². The van der Waals surface area contributed by atoms with Crippen molar-refractivity contribution in [2.75, 3.05) is 6.61 Å². The summed E-state index contributed by atoms with van der Waals surface area (Å²) in [5.41, 5.74) is 1.15. The third-order valence-corrected chi connectivity index (χ3v) is 8.48. The van der Waals surface area contributed by atoms with E-state index >= 15 is 0 Å². The molecule has 26 heavy (non-hydrogen) atoms. The molecule has 0 bridgehead atoms. The van der Waals surface area contributed by atoms with Gasteiger partial charge in [-0.05, 0) is 54.7 Å². The highest BCUT2D eigenvalue weighted by Crippen LogP contribution is 2.51. The summed E-state index contributed by atoms with van der Waals surface area (Å²) in [4.78, 5) is 12.9. The Bertz CT molecular complexity index is 867. The molecule has 0 fully saturated rings. The van der Waals surface area contributed by atoms with Gasteiger partial charge in [-0.25, -0.2) is 4.79 Å². The molecule has 4 nitrogen and oxygen atoms in total. The molecule has 0 spiro atoms. The molecule has 1 N–H and O–H groups in total. The van der Waals surface area contributed by atoms with Gasteiger partial charge >= 0.3 is 5.97 Å². The van der Waals surface area contributed by atoms with E-state index in [-0.39, 0.29) is 23.1 Å². The van der Waals surface area contributed by atoms with Crippen LogP contribution in [0.3, 0.4) is 0 Å². The fourth-order valence-electron chi connectivity index (χ4n) is 2.73. The van der Waals surface area contributed by atoms with Crippen LogP contribution in [0.2, 0.25) is 5.02 Å². The Kier molecular flexibility index (Phi) is 6.40. The monoisotopic (exact) mass is 414 g/mol. The van der Waals surface area contributed by atoms with Crippen molar-refractivity contribution in [3.63, 3.8) is 0 Å². The lowest BCUT2D eigenvalue weighted by atomic mass is 9.94. The average Bonchev–Trinajstić information content (AvgIpc) is 2.91. The fraction of sp³-hybridized carbons (Fsp3) is 0.421. The molecule has 0 aliphatic heterocycles. The van der Waals surface area contributed by atoms with Crippen LogP contribution in [0, 0.1) is 6.92 Å². The third kappa shape index (κ3) is 4.58. The van der Waals surface area contributed by atoms with Crippen molar-refractivity contribution in [2.45, 2.75) is 46.2 Å². The van der Waals surface area contributed by atoms with E-state index in [2.05, 4.69) is 0 Å². The van der Waals surface area contributed by atoms with E-state index in [1.807, 2.05) is 33.8 Å². The standard InChI is InChI=1S/C19H24ClO4PS/c1-6-24-25(23,15-8-7-14(20)9-12(15)2)11-13-10-16(19(3,4)5)26-17(13)18(21)22/h7-10H,6,11H2,1-5H3,(H,21,22). The van der Waals surface area contributed by atoms with Gasteiger partial charge in [0.25, 0.3) is 0 Å². The molecule has 0 aliphatic rings. The molecule has 1 atom stereocenters. The zero-order chi connectivity index (χ0) is 19.7. The first-order chi connectivity index (χ1) is 12.0. The van der Waals surface area contributed by atoms with Crippen molar-refractivity contribution in [2.24, 2.45) is 0 Å². The predicted molar refractivity (Wildman–Crippen MR) is 109 cm³/mol. The zero-order valence-corrected chi connectivity index (χ0v) is 18.1. The van der Waals surface area contributed by atoms with Crippen molar-refractivity contribution in [3.05, 3.63) is 50.2 Å². The van der Waals surface area contributed by atoms with Crippen LogP contribution in [0.15, 0.2) is 24.3 Å². The molecule has 2 aromatic rings. The number of halogens is 1. The van der Waals surface area contributed by atoms with Crippen LogP contribution in [0.25, 0.3) is 0 Å². The minimum atomic E-state index is -3.27. The molecule has 142 valence electrons. The molecular weight excluding hydrogens is 391 g/mol. The Labute approximate surface area is 163 Å². The first-order valence-corrected chi connectivity index (χ1v) is 11.3. The number of rotatable bonds is 6. The Morgan fingerprint density at radius 3 is 2.46 bits per heavy atom. The van der Waals surface area contributed by atoms with Gasteiger partial charge in [0, 0.05) is 15.2 Å². The van der Waals surface area contributed by atoms with Gasteiger partial charge in [-0.2, -0.15) is 0 Å². The Morgan fingerprint density at radius 2 is 1.96 bits per heavy atom. The van der Waals surface area contributed by atoms with E-state index in [1.54, 1.807) is 25.1 Å². The molecule has 1 heterocycles. The van der Waals surface area contributed by atoms with Crippen molar-refractivity contribution in [1.82, 2.24) is 0 Å². The van der Waals surface area contributed by atoms with Gasteiger partial charge in [-0.15, -0.1) is 11.3 Å². The van der Waals surface area contributed by atoms with Gasteiger partial charge in [-0.1, -0.05) is 32.4 Å². The quantitative estimate of drug-likeness (QED) is 0.602. The fourth-order valence-corrected chi connectivity index (χ4v) is 6.56. The summed E-state index contributed by atoms with van der Waals surface area (Å²) in [7, 11) is -3.27. The average molecular weight is 415 g/mol. The number of hydrogen-bond acceptors (Lipinski definition) is 4. The number of aryl methyl sites for hydroxylation is 1. The first-order valence-electron chi connectivity index (χ1n) is 8.34. The lowest BCUT2D eigenvalue weighted by molar-refractivity contribution is 0.0701. The second kappa shape index (κ2) is 7.85. The molecule has 0 saturated carbocycles. The SMILES string of the molecule is CCOP(=O)(Cc1cc(C(C)(C)C)sc1C(=O)O)c1ccc(Cl)cc1C. The molecular formula is C19H24ClO4PS. The van der Waals surface area contributed by atoms with Gasteiger partial charge < -0.3 is 9.63 Å². The Hall–Kier alpha value is -1.13. The van der Waals surface area contributed by atoms with Crippen LogP contribution >= 0.6 is 30.3 Å². The van der Waals surface area contributed by atoms with Gasteiger partial charge in [-0.3, -0.25) is 4.57 Å². The number of carboxylic acids is 1. The Balaban J connectivity index is 2.55. The predicted octanol–water partition coefficient (Wildman–Crippen LogP) is 5.85. The topological polar surface area (TPSA) is 63.6 Å². The summed E-state index contributed by atoms with van der Waals surface area (Å²) in [6, 6.07) is 6.99. The largest absolute Gasteiger partial charge is 0.477 e. The maximum atomic E-state index is 13.7.